The summed E-state index contributed by atoms with van der Waals surface area (Å²) < 4.78 is 2.25. The van der Waals surface area contributed by atoms with Gasteiger partial charge >= 0.3 is 0 Å². The van der Waals surface area contributed by atoms with Crippen LogP contribution in [0, 0.1) is 0 Å². The van der Waals surface area contributed by atoms with Crippen LogP contribution < -0.4 is 10.9 Å². The van der Waals surface area contributed by atoms with Gasteiger partial charge in [-0.05, 0) is 54.0 Å². The molecule has 0 aliphatic rings. The lowest BCUT2D eigenvalue weighted by molar-refractivity contribution is -0.115. The number of benzene rings is 1. The van der Waals surface area contributed by atoms with E-state index in [1.165, 1.54) is 23.1 Å². The number of hydrogen-bond acceptors (Lipinski definition) is 6. The van der Waals surface area contributed by atoms with Gasteiger partial charge in [0.15, 0.2) is 5.16 Å². The van der Waals surface area contributed by atoms with Crippen molar-refractivity contribution >= 4 is 44.9 Å². The van der Waals surface area contributed by atoms with Crippen LogP contribution in [0.1, 0.15) is 44.0 Å². The Morgan fingerprint density at radius 1 is 1.09 bits per heavy atom. The molecule has 4 aromatic rings. The normalized spacial score (nSPS) is 12.1. The molecule has 0 spiro atoms. The van der Waals surface area contributed by atoms with Crippen LogP contribution in [0.25, 0.3) is 10.2 Å². The van der Waals surface area contributed by atoms with Crippen LogP contribution >= 0.6 is 23.1 Å². The Hall–Kier alpha value is -2.97. The van der Waals surface area contributed by atoms with E-state index in [4.69, 9.17) is 4.98 Å². The monoisotopic (exact) mass is 492 g/mol. The first-order chi connectivity index (χ1) is 16.5. The smallest absolute Gasteiger partial charge is 0.272 e. The van der Waals surface area contributed by atoms with Gasteiger partial charge in [-0.25, -0.2) is 4.98 Å². The minimum absolute atomic E-state index is 0.0767. The second kappa shape index (κ2) is 11.0. The fourth-order valence-electron chi connectivity index (χ4n) is 3.86. The number of nitrogens with zero attached hydrogens (tertiary/aromatic N) is 3. The molecule has 1 atom stereocenters. The van der Waals surface area contributed by atoms with E-state index in [0.29, 0.717) is 28.3 Å². The molecule has 34 heavy (non-hydrogen) atoms. The Morgan fingerprint density at radius 3 is 2.50 bits per heavy atom. The first kappa shape index (κ1) is 24.2. The molecule has 1 amide bonds. The highest BCUT2D eigenvalue weighted by Gasteiger charge is 2.24. The Bertz CT molecular complexity index is 1330. The van der Waals surface area contributed by atoms with E-state index in [9.17, 15) is 9.59 Å². The zero-order valence-electron chi connectivity index (χ0n) is 19.6. The van der Waals surface area contributed by atoms with Gasteiger partial charge in [-0.1, -0.05) is 56.8 Å². The molecule has 3 heterocycles. The molecule has 8 heteroatoms. The van der Waals surface area contributed by atoms with Crippen LogP contribution in [0.15, 0.2) is 64.0 Å². The quantitative estimate of drug-likeness (QED) is 0.245. The largest absolute Gasteiger partial charge is 0.325 e. The van der Waals surface area contributed by atoms with Crippen molar-refractivity contribution in [1.82, 2.24) is 14.5 Å². The Morgan fingerprint density at radius 2 is 1.85 bits per heavy atom. The summed E-state index contributed by atoms with van der Waals surface area (Å²) in [5.41, 5.74) is 4.48. The number of fused-ring (bicyclic) bond motifs is 1. The fourth-order valence-corrected chi connectivity index (χ4v) is 5.65. The first-order valence-corrected chi connectivity index (χ1v) is 13.3. The maximum atomic E-state index is 13.4. The summed E-state index contributed by atoms with van der Waals surface area (Å²) in [6.45, 7) is 6.47. The van der Waals surface area contributed by atoms with Gasteiger partial charge in [0.2, 0.25) is 5.91 Å². The highest BCUT2D eigenvalue weighted by Crippen LogP contribution is 2.29. The number of aryl methyl sites for hydroxylation is 2. The van der Waals surface area contributed by atoms with Gasteiger partial charge in [0.05, 0.1) is 23.0 Å². The SMILES string of the molecule is CCc1cccc(CC)c1NC(=O)[C@H](CC)Sc1nc2ccsc2c(=O)n1Cc1ccccn1. The highest BCUT2D eigenvalue weighted by molar-refractivity contribution is 8.00. The third-order valence-electron chi connectivity index (χ3n) is 5.74. The molecule has 1 N–H and O–H groups in total. The topological polar surface area (TPSA) is 76.9 Å². The summed E-state index contributed by atoms with van der Waals surface area (Å²) in [4.78, 5) is 35.8. The van der Waals surface area contributed by atoms with Gasteiger partial charge in [-0.3, -0.25) is 19.1 Å². The second-order valence-corrected chi connectivity index (χ2v) is 9.99. The Labute approximate surface area is 207 Å². The van der Waals surface area contributed by atoms with E-state index in [2.05, 4.69) is 36.3 Å². The standard InChI is InChI=1S/C26H28N4O2S2/c1-4-17-10-9-11-18(5-2)22(17)29-24(31)21(6-3)34-26-28-20-13-15-33-23(20)25(32)30(26)16-19-12-7-8-14-27-19/h7-15,21H,4-6,16H2,1-3H3,(H,29,31)/t21-/m0/s1. The summed E-state index contributed by atoms with van der Waals surface area (Å²) in [5.74, 6) is -0.0767. The van der Waals surface area contributed by atoms with Crippen molar-refractivity contribution in [2.24, 2.45) is 0 Å². The number of amides is 1. The van der Waals surface area contributed by atoms with Crippen molar-refractivity contribution in [3.8, 4) is 0 Å². The summed E-state index contributed by atoms with van der Waals surface area (Å²) in [5, 5.41) is 5.19. The van der Waals surface area contributed by atoms with Gasteiger partial charge in [0.1, 0.15) is 4.70 Å². The second-order valence-electron chi connectivity index (χ2n) is 7.90. The number of para-hydroxylation sites is 1. The van der Waals surface area contributed by atoms with Gasteiger partial charge in [-0.2, -0.15) is 0 Å². The zero-order chi connectivity index (χ0) is 24.1. The molecule has 0 saturated carbocycles. The van der Waals surface area contributed by atoms with Gasteiger partial charge < -0.3 is 5.32 Å². The van der Waals surface area contributed by atoms with Crippen LogP contribution in [0.3, 0.4) is 0 Å². The molecular formula is C26H28N4O2S2. The number of rotatable bonds is 9. The van der Waals surface area contributed by atoms with Crippen LogP contribution in [0.5, 0.6) is 0 Å². The summed E-state index contributed by atoms with van der Waals surface area (Å²) in [6, 6.07) is 13.6. The Kier molecular flexibility index (Phi) is 7.80. The fraction of sp³-hybridized carbons (Fsp3) is 0.308. The Balaban J connectivity index is 1.67. The van der Waals surface area contributed by atoms with E-state index in [-0.39, 0.29) is 11.5 Å². The van der Waals surface area contributed by atoms with Crippen molar-refractivity contribution in [2.45, 2.75) is 57.0 Å². The molecule has 4 rings (SSSR count). The number of aromatic nitrogens is 3. The molecule has 0 saturated heterocycles. The van der Waals surface area contributed by atoms with Crippen molar-refractivity contribution in [2.75, 3.05) is 5.32 Å². The summed E-state index contributed by atoms with van der Waals surface area (Å²) in [6.07, 6.45) is 4.00. The lowest BCUT2D eigenvalue weighted by Gasteiger charge is -2.20. The number of pyridine rings is 1. The molecule has 176 valence electrons. The highest BCUT2D eigenvalue weighted by atomic mass is 32.2. The van der Waals surface area contributed by atoms with Crippen molar-refractivity contribution in [3.05, 3.63) is 81.2 Å². The minimum atomic E-state index is -0.396. The first-order valence-electron chi connectivity index (χ1n) is 11.5. The average molecular weight is 493 g/mol. The van der Waals surface area contributed by atoms with Crippen LogP contribution in [-0.2, 0) is 24.2 Å². The lowest BCUT2D eigenvalue weighted by Crippen LogP contribution is -2.29. The number of thiophene rings is 1. The summed E-state index contributed by atoms with van der Waals surface area (Å²) in [7, 11) is 0. The van der Waals surface area contributed by atoms with Crippen LogP contribution in [0.4, 0.5) is 5.69 Å². The third kappa shape index (κ3) is 5.08. The maximum absolute atomic E-state index is 13.4. The van der Waals surface area contributed by atoms with Crippen LogP contribution in [-0.4, -0.2) is 25.7 Å². The molecular weight excluding hydrogens is 464 g/mol. The van der Waals surface area contributed by atoms with E-state index in [1.54, 1.807) is 10.8 Å². The molecule has 0 aliphatic carbocycles. The minimum Gasteiger partial charge on any atom is -0.325 e. The van der Waals surface area contributed by atoms with E-state index in [1.807, 2.05) is 42.6 Å². The number of nitrogens with one attached hydrogen (secondary N) is 1. The lowest BCUT2D eigenvalue weighted by atomic mass is 10.0. The van der Waals surface area contributed by atoms with E-state index < -0.39 is 5.25 Å². The molecule has 0 bridgehead atoms. The number of carbonyl (C=O) groups excluding carboxylic acids is 1. The summed E-state index contributed by atoms with van der Waals surface area (Å²) >= 11 is 2.72. The predicted molar refractivity (Wildman–Crippen MR) is 141 cm³/mol. The number of thioether (sulfide) groups is 1. The van der Waals surface area contributed by atoms with E-state index >= 15 is 0 Å². The third-order valence-corrected chi connectivity index (χ3v) is 7.98. The van der Waals surface area contributed by atoms with Crippen LogP contribution in [0.2, 0.25) is 0 Å². The van der Waals surface area contributed by atoms with Gasteiger partial charge in [0.25, 0.3) is 5.56 Å². The molecule has 0 fully saturated rings. The van der Waals surface area contributed by atoms with Crippen molar-refractivity contribution in [1.29, 1.82) is 0 Å². The van der Waals surface area contributed by atoms with Crippen molar-refractivity contribution < 1.29 is 4.79 Å². The molecule has 0 radical (unpaired) electrons. The molecule has 0 unspecified atom stereocenters. The molecule has 6 nitrogen and oxygen atoms in total. The van der Waals surface area contributed by atoms with E-state index in [0.717, 1.165) is 35.3 Å². The van der Waals surface area contributed by atoms with Gasteiger partial charge in [0, 0.05) is 11.9 Å². The molecule has 1 aromatic carbocycles. The molecule has 0 aliphatic heterocycles. The van der Waals surface area contributed by atoms with Gasteiger partial charge in [-0.15, -0.1) is 11.3 Å². The molecule has 3 aromatic heterocycles. The predicted octanol–water partition coefficient (Wildman–Crippen LogP) is 5.54. The number of anilines is 1. The number of hydrogen-bond donors (Lipinski definition) is 1. The maximum Gasteiger partial charge on any atom is 0.272 e. The van der Waals surface area contributed by atoms with Crippen molar-refractivity contribution in [3.63, 3.8) is 0 Å². The zero-order valence-corrected chi connectivity index (χ0v) is 21.2. The average Bonchev–Trinajstić information content (AvgIpc) is 3.34. The number of carbonyl (C=O) groups is 1.